The Morgan fingerprint density at radius 1 is 1.11 bits per heavy atom. The van der Waals surface area contributed by atoms with Crippen molar-refractivity contribution < 1.29 is 49.6 Å². The fraction of sp³-hybridized carbons (Fsp3) is 1.00. The quantitative estimate of drug-likeness (QED) is 0.553. The van der Waals surface area contributed by atoms with E-state index in [2.05, 4.69) is 4.52 Å². The fourth-order valence-electron chi connectivity index (χ4n) is 1.06. The predicted octanol–water partition coefficient (Wildman–Crippen LogP) is 1.83. The normalized spacial score (nSPS) is 16.5. The number of hydrogen-bond donors (Lipinski definition) is 0. The molecule has 0 aliphatic carbocycles. The molecule has 0 saturated carbocycles. The molecule has 0 aliphatic heterocycles. The van der Waals surface area contributed by atoms with E-state index in [1.165, 1.54) is 0 Å². The second-order valence-electron chi connectivity index (χ2n) is 3.56. The Balaban J connectivity index is 5.08. The molecule has 4 nitrogen and oxygen atoms in total. The molecule has 19 heavy (non-hydrogen) atoms. The average molecular weight is 320 g/mol. The Hall–Kier alpha value is -0.380. The lowest BCUT2D eigenvalue weighted by molar-refractivity contribution is -0.363. The topological polar surface area (TPSA) is 72.4 Å². The van der Waals surface area contributed by atoms with Crippen LogP contribution in [-0.4, -0.2) is 24.1 Å². The Labute approximate surface area is 102 Å². The number of hydrogen-bond acceptors (Lipinski definition) is 4. The van der Waals surface area contributed by atoms with Gasteiger partial charge in [-0.15, -0.1) is 0 Å². The number of alkyl halides is 7. The molecule has 0 heterocycles. The minimum Gasteiger partial charge on any atom is -0.790 e. The van der Waals surface area contributed by atoms with Crippen molar-refractivity contribution in [2.75, 3.05) is 0 Å². The van der Waals surface area contributed by atoms with Crippen molar-refractivity contribution in [2.24, 2.45) is 0 Å². The summed E-state index contributed by atoms with van der Waals surface area (Å²) in [5.41, 5.74) is 0. The van der Waals surface area contributed by atoms with Gasteiger partial charge in [-0.25, -0.2) is 0 Å². The maximum atomic E-state index is 12.9. The second-order valence-corrected chi connectivity index (χ2v) is 4.67. The Morgan fingerprint density at radius 3 is 1.79 bits per heavy atom. The highest BCUT2D eigenvalue weighted by Gasteiger charge is 2.72. The van der Waals surface area contributed by atoms with Gasteiger partial charge in [0.25, 0.3) is 0 Å². The number of phosphoric ester groups is 1. The standard InChI is InChI=1S/C7H10F7O4P/c1-2-4(18-19(15,16)17)3-5(8,9)6(10,11)7(12,13)14/h4H,2-3H2,1H3,(H2,15,16,17)/p-2. The molecule has 0 saturated heterocycles. The van der Waals surface area contributed by atoms with Crippen LogP contribution in [0.2, 0.25) is 0 Å². The molecular formula is C7H8F7O4P-2. The zero-order valence-electron chi connectivity index (χ0n) is 9.22. The smallest absolute Gasteiger partial charge is 0.459 e. The van der Waals surface area contributed by atoms with Crippen molar-refractivity contribution in [3.63, 3.8) is 0 Å². The van der Waals surface area contributed by atoms with Crippen LogP contribution in [0.4, 0.5) is 30.7 Å². The average Bonchev–Trinajstić information content (AvgIpc) is 2.11. The molecule has 0 rings (SSSR count). The van der Waals surface area contributed by atoms with E-state index in [1.807, 2.05) is 0 Å². The van der Waals surface area contributed by atoms with Gasteiger partial charge in [-0.2, -0.15) is 30.7 Å². The molecule has 0 fully saturated rings. The molecule has 0 aromatic carbocycles. The van der Waals surface area contributed by atoms with Gasteiger partial charge >= 0.3 is 18.0 Å². The molecule has 116 valence electrons. The van der Waals surface area contributed by atoms with Crippen LogP contribution in [0.1, 0.15) is 19.8 Å². The number of phosphoric acid groups is 1. The van der Waals surface area contributed by atoms with E-state index in [9.17, 15) is 45.1 Å². The van der Waals surface area contributed by atoms with Gasteiger partial charge in [-0.3, -0.25) is 0 Å². The Kier molecular flexibility index (Phi) is 5.44. The van der Waals surface area contributed by atoms with E-state index in [1.54, 1.807) is 0 Å². The van der Waals surface area contributed by atoms with Crippen molar-refractivity contribution in [1.29, 1.82) is 0 Å². The molecular weight excluding hydrogens is 312 g/mol. The molecule has 1 atom stereocenters. The first-order valence-corrected chi connectivity index (χ1v) is 6.13. The molecule has 0 aliphatic rings. The number of halogens is 7. The lowest BCUT2D eigenvalue weighted by atomic mass is 10.0. The lowest BCUT2D eigenvalue weighted by Gasteiger charge is -2.36. The maximum Gasteiger partial charge on any atom is 0.459 e. The molecule has 0 aromatic heterocycles. The fourth-order valence-corrected chi connectivity index (χ4v) is 1.65. The Bertz CT molecular complexity index is 350. The van der Waals surface area contributed by atoms with Crippen LogP contribution in [0, 0.1) is 0 Å². The SMILES string of the molecule is CCC(CC(F)(F)C(F)(F)C(F)(F)F)OP(=O)([O-])[O-]. The minimum absolute atomic E-state index is 0.669. The highest BCUT2D eigenvalue weighted by molar-refractivity contribution is 7.43. The summed E-state index contributed by atoms with van der Waals surface area (Å²) in [5, 5.41) is 0. The van der Waals surface area contributed by atoms with Gasteiger partial charge in [0.15, 0.2) is 0 Å². The summed E-state index contributed by atoms with van der Waals surface area (Å²) in [7, 11) is -5.78. The van der Waals surface area contributed by atoms with Gasteiger partial charge in [-0.1, -0.05) is 6.92 Å². The van der Waals surface area contributed by atoms with E-state index >= 15 is 0 Å². The maximum absolute atomic E-state index is 12.9. The van der Waals surface area contributed by atoms with E-state index in [0.29, 0.717) is 0 Å². The zero-order chi connectivity index (χ0) is 15.7. The highest BCUT2D eigenvalue weighted by Crippen LogP contribution is 2.49. The van der Waals surface area contributed by atoms with Crippen LogP contribution in [0.25, 0.3) is 0 Å². The van der Waals surface area contributed by atoms with Crippen LogP contribution >= 0.6 is 7.82 Å². The van der Waals surface area contributed by atoms with E-state index in [0.717, 1.165) is 6.92 Å². The Morgan fingerprint density at radius 2 is 1.53 bits per heavy atom. The largest absolute Gasteiger partial charge is 0.790 e. The second kappa shape index (κ2) is 5.55. The third-order valence-corrected chi connectivity index (χ3v) is 2.59. The molecule has 0 N–H and O–H groups in total. The first kappa shape index (κ1) is 18.6. The van der Waals surface area contributed by atoms with Crippen LogP contribution in [0.3, 0.4) is 0 Å². The van der Waals surface area contributed by atoms with Gasteiger partial charge in [-0.05, 0) is 6.42 Å². The van der Waals surface area contributed by atoms with Gasteiger partial charge in [0.2, 0.25) is 0 Å². The summed E-state index contributed by atoms with van der Waals surface area (Å²) < 4.78 is 99.6. The third-order valence-electron chi connectivity index (χ3n) is 2.03. The minimum atomic E-state index is -6.52. The number of rotatable bonds is 6. The molecule has 0 amide bonds. The van der Waals surface area contributed by atoms with Gasteiger partial charge in [0, 0.05) is 6.42 Å². The molecule has 0 spiro atoms. The van der Waals surface area contributed by atoms with Crippen molar-refractivity contribution in [1.82, 2.24) is 0 Å². The summed E-state index contributed by atoms with van der Waals surface area (Å²) in [6.07, 6.45) is -11.7. The van der Waals surface area contributed by atoms with Crippen molar-refractivity contribution in [3.8, 4) is 0 Å². The van der Waals surface area contributed by atoms with Gasteiger partial charge < -0.3 is 18.9 Å². The van der Waals surface area contributed by atoms with Crippen LogP contribution in [0.15, 0.2) is 0 Å². The zero-order valence-corrected chi connectivity index (χ0v) is 10.1. The summed E-state index contributed by atoms with van der Waals surface area (Å²) in [5.74, 6) is -12.0. The first-order chi connectivity index (χ1) is 8.14. The van der Waals surface area contributed by atoms with Crippen molar-refractivity contribution in [3.05, 3.63) is 0 Å². The summed E-state index contributed by atoms with van der Waals surface area (Å²) in [4.78, 5) is 20.3. The molecule has 0 bridgehead atoms. The molecule has 1 unspecified atom stereocenters. The van der Waals surface area contributed by atoms with E-state index < -0.39 is 44.8 Å². The summed E-state index contributed by atoms with van der Waals surface area (Å²) in [6, 6.07) is 0. The lowest BCUT2D eigenvalue weighted by Crippen LogP contribution is -2.53. The summed E-state index contributed by atoms with van der Waals surface area (Å²) in [6.45, 7) is 0.974. The third kappa shape index (κ3) is 4.90. The monoisotopic (exact) mass is 320 g/mol. The van der Waals surface area contributed by atoms with Crippen LogP contribution < -0.4 is 9.79 Å². The van der Waals surface area contributed by atoms with Crippen molar-refractivity contribution >= 4 is 7.82 Å². The predicted molar refractivity (Wildman–Crippen MR) is 43.3 cm³/mol. The van der Waals surface area contributed by atoms with Gasteiger partial charge in [0.05, 0.1) is 13.9 Å². The highest BCUT2D eigenvalue weighted by atomic mass is 31.2. The van der Waals surface area contributed by atoms with E-state index in [-0.39, 0.29) is 0 Å². The van der Waals surface area contributed by atoms with Crippen LogP contribution in [0.5, 0.6) is 0 Å². The van der Waals surface area contributed by atoms with Crippen molar-refractivity contribution in [2.45, 2.75) is 43.9 Å². The molecule has 0 aromatic rings. The van der Waals surface area contributed by atoms with E-state index in [4.69, 9.17) is 0 Å². The molecule has 12 heteroatoms. The first-order valence-electron chi connectivity index (χ1n) is 4.67. The van der Waals surface area contributed by atoms with Gasteiger partial charge in [0.1, 0.15) is 0 Å². The molecule has 0 radical (unpaired) electrons. The van der Waals surface area contributed by atoms with Crippen LogP contribution in [-0.2, 0) is 9.09 Å². The summed E-state index contributed by atoms with van der Waals surface area (Å²) >= 11 is 0.